The summed E-state index contributed by atoms with van der Waals surface area (Å²) in [5.41, 5.74) is 2.27. The van der Waals surface area contributed by atoms with Crippen molar-refractivity contribution in [3.05, 3.63) is 28.8 Å². The van der Waals surface area contributed by atoms with Crippen LogP contribution in [-0.4, -0.2) is 19.1 Å². The zero-order valence-electron chi connectivity index (χ0n) is 12.2. The molecular formula is C16H22ClN3. The topological polar surface area (TPSA) is 39.1 Å². The highest BCUT2D eigenvalue weighted by molar-refractivity contribution is 6.31. The Balaban J connectivity index is 2.16. The molecule has 1 aliphatic rings. The van der Waals surface area contributed by atoms with Gasteiger partial charge in [0.1, 0.15) is 0 Å². The molecule has 0 bridgehead atoms. The van der Waals surface area contributed by atoms with Crippen molar-refractivity contribution in [1.29, 1.82) is 5.26 Å². The molecule has 0 heterocycles. The van der Waals surface area contributed by atoms with Crippen molar-refractivity contribution in [3.8, 4) is 6.07 Å². The van der Waals surface area contributed by atoms with E-state index in [1.807, 2.05) is 6.07 Å². The van der Waals surface area contributed by atoms with Crippen LogP contribution in [-0.2, 0) is 0 Å². The van der Waals surface area contributed by atoms with Crippen molar-refractivity contribution in [1.82, 2.24) is 5.32 Å². The van der Waals surface area contributed by atoms with Crippen LogP contribution in [0.1, 0.15) is 44.7 Å². The van der Waals surface area contributed by atoms with E-state index >= 15 is 0 Å². The molecule has 0 aromatic heterocycles. The molecule has 1 unspecified atom stereocenters. The van der Waals surface area contributed by atoms with Gasteiger partial charge in [-0.15, -0.1) is 0 Å². The van der Waals surface area contributed by atoms with Gasteiger partial charge < -0.3 is 10.2 Å². The van der Waals surface area contributed by atoms with E-state index in [9.17, 15) is 0 Å². The minimum absolute atomic E-state index is 0.259. The maximum atomic E-state index is 8.78. The van der Waals surface area contributed by atoms with Crippen LogP contribution in [0.25, 0.3) is 0 Å². The van der Waals surface area contributed by atoms with Gasteiger partial charge in [0.2, 0.25) is 0 Å². The Hall–Kier alpha value is -1.24. The number of nitrogens with one attached hydrogen (secondary N) is 1. The minimum atomic E-state index is 0.259. The van der Waals surface area contributed by atoms with Gasteiger partial charge in [-0.2, -0.15) is 5.26 Å². The zero-order chi connectivity index (χ0) is 14.5. The Morgan fingerprint density at radius 3 is 2.80 bits per heavy atom. The predicted molar refractivity (Wildman–Crippen MR) is 84.1 cm³/mol. The first-order valence-corrected chi connectivity index (χ1v) is 7.71. The van der Waals surface area contributed by atoms with Crippen molar-refractivity contribution >= 4 is 17.3 Å². The fraction of sp³-hybridized carbons (Fsp3) is 0.562. The Morgan fingerprint density at radius 1 is 1.50 bits per heavy atom. The fourth-order valence-corrected chi connectivity index (χ4v) is 2.88. The normalized spacial score (nSPS) is 15.7. The smallest absolute Gasteiger partial charge is 0.0640 e. The van der Waals surface area contributed by atoms with Crippen LogP contribution >= 0.6 is 11.6 Å². The number of hydrogen-bond acceptors (Lipinski definition) is 3. The summed E-state index contributed by atoms with van der Waals surface area (Å²) < 4.78 is 0. The van der Waals surface area contributed by atoms with Crippen LogP contribution < -0.4 is 10.2 Å². The average Bonchev–Trinajstić information content (AvgIpc) is 3.24. The summed E-state index contributed by atoms with van der Waals surface area (Å²) in [5.74, 6) is 0. The standard InChI is InChI=1S/C16H22ClN3/c1-3-19-12(2)15-8-7-14(11-16(15)17)20(10-4-9-18)13-5-6-13/h7-8,11-13,19H,3-6,10H2,1-2H3. The summed E-state index contributed by atoms with van der Waals surface area (Å²) >= 11 is 6.43. The molecule has 1 saturated carbocycles. The van der Waals surface area contributed by atoms with Gasteiger partial charge in [-0.05, 0) is 44.0 Å². The molecule has 0 spiro atoms. The monoisotopic (exact) mass is 291 g/mol. The highest BCUT2D eigenvalue weighted by atomic mass is 35.5. The molecule has 1 aliphatic carbocycles. The number of halogens is 1. The van der Waals surface area contributed by atoms with Gasteiger partial charge in [0.25, 0.3) is 0 Å². The van der Waals surface area contributed by atoms with E-state index in [2.05, 4.69) is 42.3 Å². The molecule has 3 nitrogen and oxygen atoms in total. The molecule has 2 rings (SSSR count). The van der Waals surface area contributed by atoms with Crippen LogP contribution in [0, 0.1) is 11.3 Å². The lowest BCUT2D eigenvalue weighted by Gasteiger charge is -2.25. The molecule has 1 N–H and O–H groups in total. The molecule has 0 aliphatic heterocycles. The molecular weight excluding hydrogens is 270 g/mol. The Labute approximate surface area is 126 Å². The number of benzene rings is 1. The Morgan fingerprint density at radius 2 is 2.25 bits per heavy atom. The van der Waals surface area contributed by atoms with Crippen molar-refractivity contribution in [2.45, 2.75) is 45.2 Å². The second-order valence-electron chi connectivity index (χ2n) is 5.32. The third kappa shape index (κ3) is 3.65. The first-order chi connectivity index (χ1) is 9.67. The SMILES string of the molecule is CCNC(C)c1ccc(N(CCC#N)C2CC2)cc1Cl. The van der Waals surface area contributed by atoms with Crippen LogP contribution in [0.2, 0.25) is 5.02 Å². The maximum absolute atomic E-state index is 8.78. The van der Waals surface area contributed by atoms with Gasteiger partial charge >= 0.3 is 0 Å². The van der Waals surface area contributed by atoms with Crippen LogP contribution in [0.15, 0.2) is 18.2 Å². The number of anilines is 1. The van der Waals surface area contributed by atoms with E-state index in [0.717, 1.165) is 29.4 Å². The lowest BCUT2D eigenvalue weighted by molar-refractivity contribution is 0.598. The number of nitriles is 1. The van der Waals surface area contributed by atoms with Crippen LogP contribution in [0.4, 0.5) is 5.69 Å². The zero-order valence-corrected chi connectivity index (χ0v) is 13.0. The largest absolute Gasteiger partial charge is 0.367 e. The number of hydrogen-bond donors (Lipinski definition) is 1. The molecule has 1 aromatic rings. The van der Waals surface area contributed by atoms with Crippen molar-refractivity contribution in [2.24, 2.45) is 0 Å². The van der Waals surface area contributed by atoms with Gasteiger partial charge in [0.15, 0.2) is 0 Å². The first-order valence-electron chi connectivity index (χ1n) is 7.33. The van der Waals surface area contributed by atoms with E-state index in [4.69, 9.17) is 16.9 Å². The maximum Gasteiger partial charge on any atom is 0.0640 e. The first kappa shape index (κ1) is 15.2. The number of nitrogens with zero attached hydrogens (tertiary/aromatic N) is 2. The summed E-state index contributed by atoms with van der Waals surface area (Å²) in [4.78, 5) is 2.32. The molecule has 4 heteroatoms. The third-order valence-corrected chi connectivity index (χ3v) is 4.07. The third-order valence-electron chi connectivity index (χ3n) is 3.74. The van der Waals surface area contributed by atoms with E-state index in [0.29, 0.717) is 12.5 Å². The number of rotatable bonds is 7. The molecule has 1 aromatic carbocycles. The summed E-state index contributed by atoms with van der Waals surface area (Å²) in [6, 6.07) is 9.36. The van der Waals surface area contributed by atoms with Gasteiger partial charge in [0.05, 0.1) is 12.5 Å². The minimum Gasteiger partial charge on any atom is -0.367 e. The van der Waals surface area contributed by atoms with Gasteiger partial charge in [-0.1, -0.05) is 24.6 Å². The Kier molecular flexibility index (Phi) is 5.28. The summed E-state index contributed by atoms with van der Waals surface area (Å²) in [5, 5.41) is 13.0. The molecule has 1 atom stereocenters. The lowest BCUT2D eigenvalue weighted by atomic mass is 10.1. The van der Waals surface area contributed by atoms with Crippen molar-refractivity contribution < 1.29 is 0 Å². The van der Waals surface area contributed by atoms with E-state index < -0.39 is 0 Å². The summed E-state index contributed by atoms with van der Waals surface area (Å²) in [6.45, 7) is 5.93. The molecule has 108 valence electrons. The van der Waals surface area contributed by atoms with Crippen LogP contribution in [0.3, 0.4) is 0 Å². The quantitative estimate of drug-likeness (QED) is 0.828. The van der Waals surface area contributed by atoms with Gasteiger partial charge in [-0.3, -0.25) is 0 Å². The molecule has 20 heavy (non-hydrogen) atoms. The summed E-state index contributed by atoms with van der Waals surface area (Å²) in [7, 11) is 0. The Bertz CT molecular complexity index is 491. The van der Waals surface area contributed by atoms with E-state index in [1.165, 1.54) is 12.8 Å². The second-order valence-corrected chi connectivity index (χ2v) is 5.73. The molecule has 0 radical (unpaired) electrons. The molecule has 0 amide bonds. The average molecular weight is 292 g/mol. The van der Waals surface area contributed by atoms with Crippen molar-refractivity contribution in [3.63, 3.8) is 0 Å². The highest BCUT2D eigenvalue weighted by Crippen LogP contribution is 2.34. The van der Waals surface area contributed by atoms with Gasteiger partial charge in [-0.25, -0.2) is 0 Å². The van der Waals surface area contributed by atoms with Gasteiger partial charge in [0, 0.05) is 29.3 Å². The molecule has 0 saturated heterocycles. The second kappa shape index (κ2) is 6.97. The van der Waals surface area contributed by atoms with Crippen LogP contribution in [0.5, 0.6) is 0 Å². The van der Waals surface area contributed by atoms with E-state index in [-0.39, 0.29) is 6.04 Å². The lowest BCUT2D eigenvalue weighted by Crippen LogP contribution is -2.26. The summed E-state index contributed by atoms with van der Waals surface area (Å²) in [6.07, 6.45) is 3.00. The fourth-order valence-electron chi connectivity index (χ4n) is 2.54. The van der Waals surface area contributed by atoms with E-state index in [1.54, 1.807) is 0 Å². The molecule has 1 fully saturated rings. The van der Waals surface area contributed by atoms with Crippen molar-refractivity contribution in [2.75, 3.05) is 18.0 Å². The highest BCUT2D eigenvalue weighted by Gasteiger charge is 2.29. The predicted octanol–water partition coefficient (Wildman–Crippen LogP) is 3.89.